The Kier molecular flexibility index (Phi) is 4.49. The van der Waals surface area contributed by atoms with E-state index in [1.54, 1.807) is 35.4 Å². The van der Waals surface area contributed by atoms with E-state index in [9.17, 15) is 4.39 Å². The maximum atomic E-state index is 14.0. The van der Waals surface area contributed by atoms with Crippen molar-refractivity contribution in [3.63, 3.8) is 0 Å². The highest BCUT2D eigenvalue weighted by atomic mass is 19.1. The molecule has 0 aliphatic carbocycles. The Labute approximate surface area is 116 Å². The van der Waals surface area contributed by atoms with Gasteiger partial charge in [-0.05, 0) is 17.7 Å². The molecule has 6 heteroatoms. The van der Waals surface area contributed by atoms with Crippen molar-refractivity contribution in [2.75, 3.05) is 6.54 Å². The number of nitrogens with zero attached hydrogens (tertiary/aromatic N) is 3. The molecule has 5 nitrogen and oxygen atoms in total. The molecule has 1 aromatic heterocycles. The van der Waals surface area contributed by atoms with E-state index < -0.39 is 0 Å². The third-order valence-corrected chi connectivity index (χ3v) is 2.65. The van der Waals surface area contributed by atoms with Crippen LogP contribution in [0.3, 0.4) is 0 Å². The monoisotopic (exact) mass is 273 g/mol. The molecule has 2 aromatic rings. The first-order valence-electron chi connectivity index (χ1n) is 6.12. The average Bonchev–Trinajstić information content (AvgIpc) is 2.97. The Morgan fingerprint density at radius 3 is 3.05 bits per heavy atom. The van der Waals surface area contributed by atoms with E-state index in [0.29, 0.717) is 24.7 Å². The summed E-state index contributed by atoms with van der Waals surface area (Å²) in [5.41, 5.74) is 6.83. The molecule has 0 aliphatic heterocycles. The maximum Gasteiger partial charge on any atom is 0.189 e. The summed E-state index contributed by atoms with van der Waals surface area (Å²) in [5, 5.41) is 2.85. The van der Waals surface area contributed by atoms with Crippen LogP contribution in [0.4, 0.5) is 4.39 Å². The first kappa shape index (κ1) is 13.8. The zero-order chi connectivity index (χ0) is 14.4. The van der Waals surface area contributed by atoms with E-state index in [4.69, 9.17) is 5.73 Å². The highest BCUT2D eigenvalue weighted by Crippen LogP contribution is 2.15. The summed E-state index contributed by atoms with van der Waals surface area (Å²) in [6, 6.07) is 4.94. The molecule has 104 valence electrons. The lowest BCUT2D eigenvalue weighted by Gasteiger charge is -2.06. The van der Waals surface area contributed by atoms with Crippen molar-refractivity contribution in [3.8, 4) is 5.69 Å². The van der Waals surface area contributed by atoms with Crippen LogP contribution < -0.4 is 11.1 Å². The topological polar surface area (TPSA) is 68.2 Å². The smallest absolute Gasteiger partial charge is 0.189 e. The SMILES string of the molecule is C=CCNC(N)=NCc1ccc(-n2ccnc2)c(F)c1. The number of aliphatic imine (C=N–C) groups is 1. The largest absolute Gasteiger partial charge is 0.370 e. The van der Waals surface area contributed by atoms with Crippen molar-refractivity contribution in [3.05, 3.63) is 61.0 Å². The minimum atomic E-state index is -0.326. The maximum absolute atomic E-state index is 14.0. The molecular formula is C14H16FN5. The summed E-state index contributed by atoms with van der Waals surface area (Å²) in [4.78, 5) is 8.01. The summed E-state index contributed by atoms with van der Waals surface area (Å²) in [6.07, 6.45) is 6.52. The zero-order valence-corrected chi connectivity index (χ0v) is 11.0. The molecule has 0 aliphatic rings. The van der Waals surface area contributed by atoms with Crippen LogP contribution >= 0.6 is 0 Å². The normalized spacial score (nSPS) is 11.3. The third-order valence-electron chi connectivity index (χ3n) is 2.65. The number of imidazole rings is 1. The second-order valence-corrected chi connectivity index (χ2v) is 4.13. The molecule has 0 saturated heterocycles. The Balaban J connectivity index is 2.08. The molecule has 0 fully saturated rings. The number of hydrogen-bond donors (Lipinski definition) is 2. The van der Waals surface area contributed by atoms with Crippen LogP contribution in [-0.2, 0) is 6.54 Å². The van der Waals surface area contributed by atoms with Gasteiger partial charge in [0.25, 0.3) is 0 Å². The highest BCUT2D eigenvalue weighted by molar-refractivity contribution is 5.77. The third kappa shape index (κ3) is 3.44. The number of benzene rings is 1. The molecule has 0 unspecified atom stereocenters. The summed E-state index contributed by atoms with van der Waals surface area (Å²) in [7, 11) is 0. The van der Waals surface area contributed by atoms with E-state index in [0.717, 1.165) is 5.56 Å². The number of nitrogens with one attached hydrogen (secondary N) is 1. The molecular weight excluding hydrogens is 257 g/mol. The molecule has 0 spiro atoms. The number of aromatic nitrogens is 2. The summed E-state index contributed by atoms with van der Waals surface area (Å²) < 4.78 is 15.6. The van der Waals surface area contributed by atoms with Gasteiger partial charge >= 0.3 is 0 Å². The zero-order valence-electron chi connectivity index (χ0n) is 11.0. The van der Waals surface area contributed by atoms with Gasteiger partial charge in [-0.15, -0.1) is 6.58 Å². The lowest BCUT2D eigenvalue weighted by Crippen LogP contribution is -2.31. The molecule has 0 atom stereocenters. The average molecular weight is 273 g/mol. The van der Waals surface area contributed by atoms with Gasteiger partial charge in [0.1, 0.15) is 5.82 Å². The number of guanidine groups is 1. The fraction of sp³-hybridized carbons (Fsp3) is 0.143. The van der Waals surface area contributed by atoms with Gasteiger partial charge in [0.15, 0.2) is 5.96 Å². The standard InChI is InChI=1S/C14H16FN5/c1-2-5-18-14(16)19-9-11-3-4-13(12(15)8-11)20-7-6-17-10-20/h2-4,6-8,10H,1,5,9H2,(H3,16,18,19). The van der Waals surface area contributed by atoms with Gasteiger partial charge in [0, 0.05) is 18.9 Å². The molecule has 0 bridgehead atoms. The molecule has 20 heavy (non-hydrogen) atoms. The summed E-state index contributed by atoms with van der Waals surface area (Å²) in [5.74, 6) is -0.0164. The lowest BCUT2D eigenvalue weighted by molar-refractivity contribution is 0.615. The number of rotatable bonds is 5. The molecule has 0 radical (unpaired) electrons. The van der Waals surface area contributed by atoms with Gasteiger partial charge in [-0.3, -0.25) is 0 Å². The quantitative estimate of drug-likeness (QED) is 0.494. The first-order valence-corrected chi connectivity index (χ1v) is 6.12. The number of nitrogens with two attached hydrogens (primary N) is 1. The van der Waals surface area contributed by atoms with Crippen molar-refractivity contribution < 1.29 is 4.39 Å². The van der Waals surface area contributed by atoms with Gasteiger partial charge in [-0.1, -0.05) is 12.1 Å². The molecule has 0 amide bonds. The minimum absolute atomic E-state index is 0.309. The fourth-order valence-electron chi connectivity index (χ4n) is 1.67. The van der Waals surface area contributed by atoms with Crippen molar-refractivity contribution in [2.45, 2.75) is 6.54 Å². The second kappa shape index (κ2) is 6.51. The van der Waals surface area contributed by atoms with Crippen molar-refractivity contribution >= 4 is 5.96 Å². The number of halogens is 1. The Morgan fingerprint density at radius 1 is 1.55 bits per heavy atom. The van der Waals surface area contributed by atoms with Crippen molar-refractivity contribution in [2.24, 2.45) is 10.7 Å². The molecule has 1 aromatic carbocycles. The first-order chi connectivity index (χ1) is 9.70. The van der Waals surface area contributed by atoms with E-state index in [2.05, 4.69) is 21.9 Å². The van der Waals surface area contributed by atoms with Crippen molar-refractivity contribution in [1.29, 1.82) is 0 Å². The van der Waals surface area contributed by atoms with Gasteiger partial charge in [0.2, 0.25) is 0 Å². The summed E-state index contributed by atoms with van der Waals surface area (Å²) in [6.45, 7) is 4.43. The van der Waals surface area contributed by atoms with Gasteiger partial charge in [0.05, 0.1) is 18.6 Å². The van der Waals surface area contributed by atoms with Crippen LogP contribution in [0.5, 0.6) is 0 Å². The predicted octanol–water partition coefficient (Wildman–Crippen LogP) is 1.60. The Morgan fingerprint density at radius 2 is 2.40 bits per heavy atom. The lowest BCUT2D eigenvalue weighted by atomic mass is 10.2. The minimum Gasteiger partial charge on any atom is -0.370 e. The highest BCUT2D eigenvalue weighted by Gasteiger charge is 2.05. The molecule has 2 rings (SSSR count). The van der Waals surface area contributed by atoms with E-state index in [-0.39, 0.29) is 5.82 Å². The molecule has 0 saturated carbocycles. The van der Waals surface area contributed by atoms with Gasteiger partial charge < -0.3 is 15.6 Å². The van der Waals surface area contributed by atoms with E-state index in [1.165, 1.54) is 6.07 Å². The van der Waals surface area contributed by atoms with Crippen LogP contribution in [0.1, 0.15) is 5.56 Å². The van der Waals surface area contributed by atoms with Gasteiger partial charge in [-0.2, -0.15) is 0 Å². The molecule has 1 heterocycles. The number of hydrogen-bond acceptors (Lipinski definition) is 2. The Bertz CT molecular complexity index is 604. The fourth-order valence-corrected chi connectivity index (χ4v) is 1.67. The van der Waals surface area contributed by atoms with Gasteiger partial charge in [-0.25, -0.2) is 14.4 Å². The summed E-state index contributed by atoms with van der Waals surface area (Å²) >= 11 is 0. The predicted molar refractivity (Wildman–Crippen MR) is 77.0 cm³/mol. The van der Waals surface area contributed by atoms with Crippen LogP contribution in [0.15, 0.2) is 54.6 Å². The Hall–Kier alpha value is -2.63. The van der Waals surface area contributed by atoms with Crippen LogP contribution in [0.25, 0.3) is 5.69 Å². The van der Waals surface area contributed by atoms with Crippen LogP contribution in [0.2, 0.25) is 0 Å². The molecule has 3 N–H and O–H groups in total. The van der Waals surface area contributed by atoms with Crippen molar-refractivity contribution in [1.82, 2.24) is 14.9 Å². The van der Waals surface area contributed by atoms with E-state index in [1.807, 2.05) is 6.07 Å². The van der Waals surface area contributed by atoms with Crippen LogP contribution in [0, 0.1) is 5.82 Å². The van der Waals surface area contributed by atoms with E-state index >= 15 is 0 Å². The van der Waals surface area contributed by atoms with Crippen LogP contribution in [-0.4, -0.2) is 22.1 Å². The second-order valence-electron chi connectivity index (χ2n) is 4.13.